The molecule has 0 bridgehead atoms. The van der Waals surface area contributed by atoms with Gasteiger partial charge in [-0.25, -0.2) is 9.67 Å². The summed E-state index contributed by atoms with van der Waals surface area (Å²) in [5.74, 6) is 0. The van der Waals surface area contributed by atoms with Gasteiger partial charge in [-0.1, -0.05) is 30.3 Å². The molecule has 5 heteroatoms. The molecule has 1 heterocycles. The number of benzene rings is 2. The van der Waals surface area contributed by atoms with Crippen LogP contribution in [0.3, 0.4) is 0 Å². The summed E-state index contributed by atoms with van der Waals surface area (Å²) in [6.07, 6.45) is 0. The summed E-state index contributed by atoms with van der Waals surface area (Å²) in [5.41, 5.74) is 1.78. The smallest absolute Gasteiger partial charge is 0.239 e. The van der Waals surface area contributed by atoms with Crippen LogP contribution in [0.2, 0.25) is 0 Å². The van der Waals surface area contributed by atoms with Gasteiger partial charge in [-0.05, 0) is 11.5 Å². The third-order valence-electron chi connectivity index (χ3n) is 2.66. The van der Waals surface area contributed by atoms with Gasteiger partial charge < -0.3 is 0 Å². The average Bonchev–Trinajstić information content (AvgIpc) is 2.31. The van der Waals surface area contributed by atoms with Crippen LogP contribution >= 0.6 is 24.0 Å². The fourth-order valence-corrected chi connectivity index (χ4v) is 1.83. The van der Waals surface area contributed by atoms with Crippen LogP contribution in [-0.4, -0.2) is 14.8 Å². The Kier molecular flexibility index (Phi) is 3.10. The van der Waals surface area contributed by atoms with Crippen molar-refractivity contribution in [3.8, 4) is 0 Å². The summed E-state index contributed by atoms with van der Waals surface area (Å²) in [4.78, 5) is 4.27. The molecule has 0 spiro atoms. The van der Waals surface area contributed by atoms with Crippen LogP contribution in [0, 0.1) is 5.41 Å². The Morgan fingerprint density at radius 2 is 1.88 bits per heavy atom. The molecular formula is C12H11IN4. The maximum absolute atomic E-state index is 7.67. The van der Waals surface area contributed by atoms with Gasteiger partial charge >= 0.3 is 0 Å². The van der Waals surface area contributed by atoms with Crippen molar-refractivity contribution in [1.29, 1.82) is 5.41 Å². The fourth-order valence-electron chi connectivity index (χ4n) is 1.83. The second-order valence-corrected chi connectivity index (χ2v) is 3.71. The first-order valence-corrected chi connectivity index (χ1v) is 5.03. The first kappa shape index (κ1) is 12.0. The highest BCUT2D eigenvalue weighted by molar-refractivity contribution is 14.0. The van der Waals surface area contributed by atoms with Crippen molar-refractivity contribution in [2.24, 2.45) is 7.05 Å². The predicted molar refractivity (Wildman–Crippen MR) is 77.3 cm³/mol. The van der Waals surface area contributed by atoms with Crippen LogP contribution in [-0.2, 0) is 7.05 Å². The van der Waals surface area contributed by atoms with Gasteiger partial charge in [0, 0.05) is 12.4 Å². The topological polar surface area (TPSA) is 54.6 Å². The number of fused-ring (bicyclic) bond motifs is 3. The van der Waals surface area contributed by atoms with Gasteiger partial charge in [-0.2, -0.15) is 5.10 Å². The molecule has 0 unspecified atom stereocenters. The molecule has 0 saturated carbocycles. The van der Waals surface area contributed by atoms with E-state index in [1.54, 1.807) is 7.05 Å². The van der Waals surface area contributed by atoms with Gasteiger partial charge in [0.15, 0.2) is 0 Å². The zero-order valence-corrected chi connectivity index (χ0v) is 11.5. The zero-order valence-electron chi connectivity index (χ0n) is 9.21. The van der Waals surface area contributed by atoms with E-state index in [1.807, 2.05) is 36.4 Å². The van der Waals surface area contributed by atoms with Crippen LogP contribution in [0.1, 0.15) is 0 Å². The molecule has 0 aliphatic heterocycles. The molecule has 0 aliphatic carbocycles. The van der Waals surface area contributed by atoms with Gasteiger partial charge in [-0.15, -0.1) is 24.0 Å². The molecule has 0 saturated heterocycles. The molecule has 1 aromatic heterocycles. The molecule has 0 aliphatic rings. The van der Waals surface area contributed by atoms with E-state index in [-0.39, 0.29) is 29.6 Å². The van der Waals surface area contributed by atoms with Crippen molar-refractivity contribution in [2.75, 3.05) is 0 Å². The fraction of sp³-hybridized carbons (Fsp3) is 0.0833. The van der Waals surface area contributed by atoms with Gasteiger partial charge in [0.2, 0.25) is 5.62 Å². The van der Waals surface area contributed by atoms with Crippen LogP contribution in [0.25, 0.3) is 21.8 Å². The summed E-state index contributed by atoms with van der Waals surface area (Å²) < 4.78 is 1.47. The number of aromatic nitrogens is 3. The van der Waals surface area contributed by atoms with Crippen LogP contribution < -0.4 is 5.62 Å². The quantitative estimate of drug-likeness (QED) is 0.505. The molecule has 3 aromatic rings. The van der Waals surface area contributed by atoms with E-state index < -0.39 is 0 Å². The molecule has 0 atom stereocenters. The van der Waals surface area contributed by atoms with Gasteiger partial charge in [0.25, 0.3) is 0 Å². The molecule has 17 heavy (non-hydrogen) atoms. The molecule has 86 valence electrons. The first-order chi connectivity index (χ1) is 7.75. The van der Waals surface area contributed by atoms with Crippen molar-refractivity contribution in [3.05, 3.63) is 42.0 Å². The standard InChI is InChI=1S/C12H10N4.HI/c1-16-12(13)14-11-9-5-3-2-4-8(9)6-7-10(11)15-16;/h2-7,13H,1H3;1H. The normalized spacial score (nSPS) is 10.4. The van der Waals surface area contributed by atoms with Crippen LogP contribution in [0.15, 0.2) is 36.4 Å². The number of hydrogen-bond donors (Lipinski definition) is 1. The highest BCUT2D eigenvalue weighted by Crippen LogP contribution is 2.20. The Morgan fingerprint density at radius 1 is 1.12 bits per heavy atom. The van der Waals surface area contributed by atoms with Gasteiger partial charge in [-0.3, -0.25) is 5.41 Å². The SMILES string of the molecule is Cn1nc2ccc3ccccc3c2nc1=N.I. The van der Waals surface area contributed by atoms with Gasteiger partial charge in [0.1, 0.15) is 11.0 Å². The predicted octanol–water partition coefficient (Wildman–Crippen LogP) is 2.22. The third-order valence-corrected chi connectivity index (χ3v) is 2.66. The second kappa shape index (κ2) is 4.40. The van der Waals surface area contributed by atoms with Crippen molar-refractivity contribution in [1.82, 2.24) is 14.8 Å². The Bertz CT molecular complexity index is 748. The van der Waals surface area contributed by atoms with E-state index in [9.17, 15) is 0 Å². The highest BCUT2D eigenvalue weighted by Gasteiger charge is 2.03. The maximum Gasteiger partial charge on any atom is 0.239 e. The van der Waals surface area contributed by atoms with Crippen molar-refractivity contribution in [3.63, 3.8) is 0 Å². The van der Waals surface area contributed by atoms with E-state index >= 15 is 0 Å². The number of nitrogens with zero attached hydrogens (tertiary/aromatic N) is 3. The Morgan fingerprint density at radius 3 is 2.71 bits per heavy atom. The average molecular weight is 338 g/mol. The Balaban J connectivity index is 0.00000108. The van der Waals surface area contributed by atoms with E-state index in [0.717, 1.165) is 21.8 Å². The molecule has 0 fully saturated rings. The van der Waals surface area contributed by atoms with Gasteiger partial charge in [0.05, 0.1) is 0 Å². The number of nitrogens with one attached hydrogen (secondary N) is 1. The van der Waals surface area contributed by atoms with E-state index in [2.05, 4.69) is 10.1 Å². The lowest BCUT2D eigenvalue weighted by molar-refractivity contribution is 0.666. The number of hydrogen-bond acceptors (Lipinski definition) is 3. The second-order valence-electron chi connectivity index (χ2n) is 3.71. The molecule has 4 nitrogen and oxygen atoms in total. The maximum atomic E-state index is 7.67. The van der Waals surface area contributed by atoms with E-state index in [0.29, 0.717) is 0 Å². The largest absolute Gasteiger partial charge is 0.266 e. The molecular weight excluding hydrogens is 327 g/mol. The lowest BCUT2D eigenvalue weighted by atomic mass is 10.1. The molecule has 3 rings (SSSR count). The zero-order chi connectivity index (χ0) is 11.1. The minimum atomic E-state index is 0. The minimum Gasteiger partial charge on any atom is -0.266 e. The van der Waals surface area contributed by atoms with Crippen LogP contribution in [0.5, 0.6) is 0 Å². The van der Waals surface area contributed by atoms with Crippen molar-refractivity contribution < 1.29 is 0 Å². The minimum absolute atomic E-state index is 0. The number of halogens is 1. The molecule has 0 amide bonds. The third kappa shape index (κ3) is 1.90. The summed E-state index contributed by atoms with van der Waals surface area (Å²) in [5, 5.41) is 14.1. The highest BCUT2D eigenvalue weighted by atomic mass is 127. The first-order valence-electron chi connectivity index (χ1n) is 5.03. The summed E-state index contributed by atoms with van der Waals surface area (Å²) >= 11 is 0. The number of aryl methyl sites for hydroxylation is 1. The summed E-state index contributed by atoms with van der Waals surface area (Å²) in [7, 11) is 1.73. The Hall–Kier alpha value is -1.50. The van der Waals surface area contributed by atoms with Crippen molar-refractivity contribution in [2.45, 2.75) is 0 Å². The summed E-state index contributed by atoms with van der Waals surface area (Å²) in [6, 6.07) is 12.0. The van der Waals surface area contributed by atoms with Crippen molar-refractivity contribution >= 4 is 45.8 Å². The van der Waals surface area contributed by atoms with E-state index in [1.165, 1.54) is 4.68 Å². The Labute approximate surface area is 115 Å². The summed E-state index contributed by atoms with van der Waals surface area (Å²) in [6.45, 7) is 0. The molecule has 1 N–H and O–H groups in total. The lowest BCUT2D eigenvalue weighted by Gasteiger charge is -2.03. The number of rotatable bonds is 0. The van der Waals surface area contributed by atoms with E-state index in [4.69, 9.17) is 5.41 Å². The monoisotopic (exact) mass is 338 g/mol. The van der Waals surface area contributed by atoms with Crippen LogP contribution in [0.4, 0.5) is 0 Å². The lowest BCUT2D eigenvalue weighted by Crippen LogP contribution is -2.22. The molecule has 0 radical (unpaired) electrons. The molecule has 2 aromatic carbocycles.